The third-order valence-electron chi connectivity index (χ3n) is 3.18. The Labute approximate surface area is 119 Å². The third-order valence-corrected chi connectivity index (χ3v) is 3.96. The summed E-state index contributed by atoms with van der Waals surface area (Å²) in [5.41, 5.74) is 1.18. The highest BCUT2D eigenvalue weighted by Gasteiger charge is 2.13. The summed E-state index contributed by atoms with van der Waals surface area (Å²) in [7, 11) is -3.39. The van der Waals surface area contributed by atoms with Gasteiger partial charge in [-0.2, -0.15) is 0 Å². The number of rotatable bonds is 7. The lowest BCUT2D eigenvalue weighted by molar-refractivity contribution is 0.174. The van der Waals surface area contributed by atoms with Gasteiger partial charge in [0.05, 0.1) is 5.75 Å². The molecule has 0 saturated heterocycles. The van der Waals surface area contributed by atoms with Crippen LogP contribution in [0.2, 0.25) is 0 Å². The molecule has 0 aliphatic carbocycles. The van der Waals surface area contributed by atoms with Crippen LogP contribution in [0.3, 0.4) is 0 Å². The van der Waals surface area contributed by atoms with E-state index in [-0.39, 0.29) is 18.6 Å². The smallest absolute Gasteiger partial charge is 0.231 e. The molecule has 0 radical (unpaired) electrons. The first-order valence-electron chi connectivity index (χ1n) is 6.56. The predicted molar refractivity (Wildman–Crippen MR) is 76.3 cm³/mol. The van der Waals surface area contributed by atoms with E-state index < -0.39 is 10.0 Å². The molecule has 7 heteroatoms. The molecular formula is C13H20N2O4S. The Morgan fingerprint density at radius 2 is 2.10 bits per heavy atom. The summed E-state index contributed by atoms with van der Waals surface area (Å²) in [4.78, 5) is 0. The monoisotopic (exact) mass is 300 g/mol. The zero-order valence-corrected chi connectivity index (χ0v) is 12.3. The van der Waals surface area contributed by atoms with Gasteiger partial charge in [0.15, 0.2) is 11.5 Å². The molecule has 20 heavy (non-hydrogen) atoms. The highest BCUT2D eigenvalue weighted by molar-refractivity contribution is 7.89. The van der Waals surface area contributed by atoms with Gasteiger partial charge in [-0.1, -0.05) is 6.07 Å². The summed E-state index contributed by atoms with van der Waals surface area (Å²) in [5, 5.41) is 8.09. The zero-order chi connectivity index (χ0) is 14.6. The number of hydrogen-bond donors (Lipinski definition) is 2. The van der Waals surface area contributed by atoms with Gasteiger partial charge in [0.1, 0.15) is 0 Å². The van der Waals surface area contributed by atoms with Gasteiger partial charge >= 0.3 is 0 Å². The van der Waals surface area contributed by atoms with Crippen LogP contribution < -0.4 is 19.9 Å². The van der Waals surface area contributed by atoms with Crippen molar-refractivity contribution in [2.75, 3.05) is 19.1 Å². The Bertz CT molecular complexity index is 559. The first-order chi connectivity index (χ1) is 9.44. The Balaban J connectivity index is 1.74. The molecule has 1 aliphatic heterocycles. The minimum absolute atomic E-state index is 0.0403. The van der Waals surface area contributed by atoms with Gasteiger partial charge in [-0.15, -0.1) is 0 Å². The number of fused-ring (bicyclic) bond motifs is 1. The molecule has 1 aromatic carbocycles. The van der Waals surface area contributed by atoms with Crippen LogP contribution in [0.4, 0.5) is 0 Å². The van der Waals surface area contributed by atoms with Crippen LogP contribution in [-0.4, -0.2) is 33.6 Å². The Morgan fingerprint density at radius 1 is 1.35 bits per heavy atom. The fourth-order valence-corrected chi connectivity index (χ4v) is 2.43. The molecule has 1 aromatic rings. The van der Waals surface area contributed by atoms with Crippen LogP contribution in [0.25, 0.3) is 0 Å². The topological polar surface area (TPSA) is 90.7 Å². The molecule has 0 saturated carbocycles. The lowest BCUT2D eigenvalue weighted by Gasteiger charge is -2.13. The number of nitrogens with one attached hydrogen (secondary N) is 1. The number of nitrogens with two attached hydrogens (primary N) is 1. The average molecular weight is 300 g/mol. The van der Waals surface area contributed by atoms with E-state index in [4.69, 9.17) is 14.6 Å². The summed E-state index contributed by atoms with van der Waals surface area (Å²) in [6.45, 7) is 2.68. The fourth-order valence-electron chi connectivity index (χ4n) is 2.03. The zero-order valence-electron chi connectivity index (χ0n) is 11.5. The minimum Gasteiger partial charge on any atom is -0.454 e. The molecule has 6 nitrogen and oxygen atoms in total. The average Bonchev–Trinajstić information content (AvgIpc) is 2.82. The molecule has 0 bridgehead atoms. The van der Waals surface area contributed by atoms with E-state index in [1.54, 1.807) is 0 Å². The van der Waals surface area contributed by atoms with Crippen LogP contribution in [-0.2, 0) is 16.4 Å². The van der Waals surface area contributed by atoms with Crippen LogP contribution >= 0.6 is 0 Å². The summed E-state index contributed by atoms with van der Waals surface area (Å²) < 4.78 is 32.2. The van der Waals surface area contributed by atoms with Gasteiger partial charge in [0.2, 0.25) is 16.8 Å². The number of sulfonamides is 1. The number of benzene rings is 1. The van der Waals surface area contributed by atoms with Crippen LogP contribution in [0.5, 0.6) is 11.5 Å². The van der Waals surface area contributed by atoms with Crippen molar-refractivity contribution in [3.63, 3.8) is 0 Å². The largest absolute Gasteiger partial charge is 0.454 e. The fraction of sp³-hybridized carbons (Fsp3) is 0.538. The molecular weight excluding hydrogens is 280 g/mol. The van der Waals surface area contributed by atoms with Crippen molar-refractivity contribution < 1.29 is 17.9 Å². The van der Waals surface area contributed by atoms with Crippen LogP contribution in [0.15, 0.2) is 18.2 Å². The maximum atomic E-state index is 10.8. The van der Waals surface area contributed by atoms with Gasteiger partial charge in [0, 0.05) is 12.6 Å². The van der Waals surface area contributed by atoms with Gasteiger partial charge in [0.25, 0.3) is 0 Å². The minimum atomic E-state index is -3.39. The van der Waals surface area contributed by atoms with Crippen molar-refractivity contribution in [2.24, 2.45) is 5.14 Å². The number of ether oxygens (including phenoxy) is 2. The van der Waals surface area contributed by atoms with E-state index in [2.05, 4.69) is 5.32 Å². The Kier molecular flexibility index (Phi) is 4.85. The van der Waals surface area contributed by atoms with E-state index in [9.17, 15) is 8.42 Å². The first kappa shape index (κ1) is 15.1. The molecule has 2 rings (SSSR count). The standard InChI is InChI=1S/C13H20N2O4S/c1-10(15-6-7-20(14,16)17)2-3-11-4-5-12-13(8-11)19-9-18-12/h4-5,8,10,15H,2-3,6-7,9H2,1H3,(H2,14,16,17). The van der Waals surface area contributed by atoms with E-state index in [1.165, 1.54) is 5.56 Å². The maximum Gasteiger partial charge on any atom is 0.231 e. The molecule has 1 heterocycles. The van der Waals surface area contributed by atoms with Crippen LogP contribution in [0.1, 0.15) is 18.9 Å². The lowest BCUT2D eigenvalue weighted by atomic mass is 10.1. The predicted octanol–water partition coefficient (Wildman–Crippen LogP) is 0.615. The summed E-state index contributed by atoms with van der Waals surface area (Å²) in [5.74, 6) is 1.53. The van der Waals surface area contributed by atoms with Gasteiger partial charge in [-0.3, -0.25) is 0 Å². The molecule has 1 unspecified atom stereocenters. The number of hydrogen-bond acceptors (Lipinski definition) is 5. The van der Waals surface area contributed by atoms with Gasteiger partial charge < -0.3 is 14.8 Å². The van der Waals surface area contributed by atoms with Crippen molar-refractivity contribution in [1.82, 2.24) is 5.32 Å². The van der Waals surface area contributed by atoms with Crippen molar-refractivity contribution >= 4 is 10.0 Å². The second-order valence-electron chi connectivity index (χ2n) is 4.95. The normalized spacial score (nSPS) is 15.3. The molecule has 1 aliphatic rings. The molecule has 0 fully saturated rings. The molecule has 3 N–H and O–H groups in total. The highest BCUT2D eigenvalue weighted by atomic mass is 32.2. The Morgan fingerprint density at radius 3 is 2.85 bits per heavy atom. The van der Waals surface area contributed by atoms with E-state index in [0.29, 0.717) is 6.54 Å². The van der Waals surface area contributed by atoms with Gasteiger partial charge in [-0.25, -0.2) is 13.6 Å². The second kappa shape index (κ2) is 6.43. The molecule has 1 atom stereocenters. The summed E-state index contributed by atoms with van der Waals surface area (Å²) >= 11 is 0. The van der Waals surface area contributed by atoms with Crippen molar-refractivity contribution in [3.05, 3.63) is 23.8 Å². The second-order valence-corrected chi connectivity index (χ2v) is 6.68. The van der Waals surface area contributed by atoms with E-state index >= 15 is 0 Å². The SMILES string of the molecule is CC(CCc1ccc2c(c1)OCO2)NCCS(N)(=O)=O. The van der Waals surface area contributed by atoms with Crippen molar-refractivity contribution in [2.45, 2.75) is 25.8 Å². The van der Waals surface area contributed by atoms with Crippen LogP contribution in [0, 0.1) is 0 Å². The van der Waals surface area contributed by atoms with Crippen molar-refractivity contribution in [3.8, 4) is 11.5 Å². The van der Waals surface area contributed by atoms with Gasteiger partial charge in [-0.05, 0) is 37.5 Å². The molecule has 0 spiro atoms. The third kappa shape index (κ3) is 4.66. The Hall–Kier alpha value is -1.31. The first-order valence-corrected chi connectivity index (χ1v) is 8.28. The lowest BCUT2D eigenvalue weighted by Crippen LogP contribution is -2.33. The molecule has 0 aromatic heterocycles. The maximum absolute atomic E-state index is 10.8. The summed E-state index contributed by atoms with van der Waals surface area (Å²) in [6, 6.07) is 6.14. The van der Waals surface area contributed by atoms with E-state index in [0.717, 1.165) is 24.3 Å². The molecule has 0 amide bonds. The highest BCUT2D eigenvalue weighted by Crippen LogP contribution is 2.32. The number of primary sulfonamides is 1. The summed E-state index contributed by atoms with van der Waals surface area (Å²) in [6.07, 6.45) is 1.80. The van der Waals surface area contributed by atoms with Crippen molar-refractivity contribution in [1.29, 1.82) is 0 Å². The quantitative estimate of drug-likeness (QED) is 0.770. The van der Waals surface area contributed by atoms with E-state index in [1.807, 2.05) is 25.1 Å². The molecule has 112 valence electrons. The number of aryl methyl sites for hydroxylation is 1.